The molecule has 0 radical (unpaired) electrons. The van der Waals surface area contributed by atoms with Crippen molar-refractivity contribution in [3.05, 3.63) is 78.4 Å². The molecule has 32 heavy (non-hydrogen) atoms. The molecule has 0 bridgehead atoms. The van der Waals surface area contributed by atoms with Gasteiger partial charge in [-0.15, -0.1) is 0 Å². The van der Waals surface area contributed by atoms with E-state index in [-0.39, 0.29) is 12.5 Å². The second-order valence-electron chi connectivity index (χ2n) is 7.30. The number of benzene rings is 3. The molecule has 4 rings (SSSR count). The van der Waals surface area contributed by atoms with Crippen LogP contribution in [0.2, 0.25) is 0 Å². The minimum Gasteiger partial charge on any atom is -0.493 e. The Morgan fingerprint density at radius 3 is 2.41 bits per heavy atom. The monoisotopic (exact) mass is 428 g/mol. The van der Waals surface area contributed by atoms with Crippen LogP contribution in [-0.4, -0.2) is 31.7 Å². The summed E-state index contributed by atoms with van der Waals surface area (Å²) in [6.45, 7) is 1.87. The van der Waals surface area contributed by atoms with Gasteiger partial charge in [-0.2, -0.15) is 0 Å². The topological polar surface area (TPSA) is 69.7 Å². The van der Waals surface area contributed by atoms with E-state index < -0.39 is 0 Å². The van der Waals surface area contributed by atoms with E-state index in [4.69, 9.17) is 19.2 Å². The predicted octanol–water partition coefficient (Wildman–Crippen LogP) is 5.24. The molecule has 0 saturated heterocycles. The number of fused-ring (bicyclic) bond motifs is 1. The van der Waals surface area contributed by atoms with Crippen molar-refractivity contribution in [3.8, 4) is 28.5 Å². The number of hydrogen-bond acceptors (Lipinski definition) is 5. The largest absolute Gasteiger partial charge is 0.493 e. The zero-order chi connectivity index (χ0) is 22.5. The van der Waals surface area contributed by atoms with E-state index >= 15 is 0 Å². The molecular weight excluding hydrogens is 404 g/mol. The number of pyridine rings is 1. The molecule has 6 nitrogen and oxygen atoms in total. The molecule has 0 atom stereocenters. The SMILES string of the molecule is COc1ccc(NC(=O)COc2cc(-c3ccccc3)nc3ccc(C)cc23)cc1OC. The van der Waals surface area contributed by atoms with E-state index in [2.05, 4.69) is 5.32 Å². The van der Waals surface area contributed by atoms with Crippen molar-refractivity contribution in [2.24, 2.45) is 0 Å². The molecule has 3 aromatic carbocycles. The molecule has 1 N–H and O–H groups in total. The van der Waals surface area contributed by atoms with Crippen LogP contribution in [0.1, 0.15) is 5.56 Å². The number of methoxy groups -OCH3 is 2. The van der Waals surface area contributed by atoms with Gasteiger partial charge in [-0.1, -0.05) is 42.0 Å². The molecule has 0 aliphatic carbocycles. The summed E-state index contributed by atoms with van der Waals surface area (Å²) in [4.78, 5) is 17.3. The molecule has 0 fully saturated rings. The highest BCUT2D eigenvalue weighted by atomic mass is 16.5. The number of amides is 1. The van der Waals surface area contributed by atoms with Crippen LogP contribution in [0.25, 0.3) is 22.2 Å². The summed E-state index contributed by atoms with van der Waals surface area (Å²) < 4.78 is 16.5. The number of aryl methyl sites for hydroxylation is 1. The summed E-state index contributed by atoms with van der Waals surface area (Å²) in [5, 5.41) is 3.69. The molecule has 0 aliphatic heterocycles. The summed E-state index contributed by atoms with van der Waals surface area (Å²) in [5.41, 5.74) is 4.27. The first-order valence-corrected chi connectivity index (χ1v) is 10.2. The van der Waals surface area contributed by atoms with Crippen molar-refractivity contribution >= 4 is 22.5 Å². The summed E-state index contributed by atoms with van der Waals surface area (Å²) >= 11 is 0. The normalized spacial score (nSPS) is 10.6. The zero-order valence-electron chi connectivity index (χ0n) is 18.2. The molecule has 0 spiro atoms. The van der Waals surface area contributed by atoms with Gasteiger partial charge in [0.15, 0.2) is 18.1 Å². The quantitative estimate of drug-likeness (QED) is 0.436. The van der Waals surface area contributed by atoms with E-state index in [9.17, 15) is 4.79 Å². The Balaban J connectivity index is 1.57. The number of anilines is 1. The van der Waals surface area contributed by atoms with Crippen LogP contribution in [-0.2, 0) is 4.79 Å². The lowest BCUT2D eigenvalue weighted by Gasteiger charge is -2.13. The van der Waals surface area contributed by atoms with Crippen molar-refractivity contribution in [2.75, 3.05) is 26.1 Å². The standard InChI is InChI=1S/C26H24N2O4/c1-17-9-11-21-20(13-17)24(15-22(28-21)18-7-5-4-6-8-18)32-16-26(29)27-19-10-12-23(30-2)25(14-19)31-3/h4-15H,16H2,1-3H3,(H,27,29). The Morgan fingerprint density at radius 1 is 0.875 bits per heavy atom. The van der Waals surface area contributed by atoms with Gasteiger partial charge in [-0.3, -0.25) is 4.79 Å². The lowest BCUT2D eigenvalue weighted by atomic mass is 10.1. The first-order chi connectivity index (χ1) is 15.6. The molecule has 4 aromatic rings. The second kappa shape index (κ2) is 9.39. The lowest BCUT2D eigenvalue weighted by molar-refractivity contribution is -0.118. The molecule has 1 amide bonds. The van der Waals surface area contributed by atoms with E-state index in [1.54, 1.807) is 32.4 Å². The maximum Gasteiger partial charge on any atom is 0.262 e. The molecule has 0 unspecified atom stereocenters. The number of ether oxygens (including phenoxy) is 3. The van der Waals surface area contributed by atoms with E-state index in [1.165, 1.54) is 0 Å². The number of aromatic nitrogens is 1. The number of nitrogens with zero attached hydrogens (tertiary/aromatic N) is 1. The highest BCUT2D eigenvalue weighted by Crippen LogP contribution is 2.31. The highest BCUT2D eigenvalue weighted by Gasteiger charge is 2.12. The Bertz CT molecular complexity index is 1260. The van der Waals surface area contributed by atoms with Crippen LogP contribution in [0.3, 0.4) is 0 Å². The third kappa shape index (κ3) is 4.64. The fourth-order valence-corrected chi connectivity index (χ4v) is 3.44. The number of rotatable bonds is 7. The minimum absolute atomic E-state index is 0.143. The van der Waals surface area contributed by atoms with Crippen molar-refractivity contribution in [2.45, 2.75) is 6.92 Å². The van der Waals surface area contributed by atoms with Gasteiger partial charge >= 0.3 is 0 Å². The van der Waals surface area contributed by atoms with Crippen molar-refractivity contribution < 1.29 is 19.0 Å². The Hall–Kier alpha value is -4.06. The number of nitrogens with one attached hydrogen (secondary N) is 1. The zero-order valence-corrected chi connectivity index (χ0v) is 18.2. The van der Waals surface area contributed by atoms with Crippen LogP contribution >= 0.6 is 0 Å². The Kier molecular flexibility index (Phi) is 6.22. The lowest BCUT2D eigenvalue weighted by Crippen LogP contribution is -2.20. The summed E-state index contributed by atoms with van der Waals surface area (Å²) in [6, 6.07) is 22.9. The first-order valence-electron chi connectivity index (χ1n) is 10.2. The Labute approximate surface area is 186 Å². The van der Waals surface area contributed by atoms with Gasteiger partial charge in [0, 0.05) is 28.8 Å². The van der Waals surface area contributed by atoms with E-state index in [0.29, 0.717) is 22.9 Å². The maximum absolute atomic E-state index is 12.6. The van der Waals surface area contributed by atoms with E-state index in [1.807, 2.05) is 61.5 Å². The smallest absolute Gasteiger partial charge is 0.262 e. The van der Waals surface area contributed by atoms with Crippen LogP contribution in [0.5, 0.6) is 17.2 Å². The molecular formula is C26H24N2O4. The van der Waals surface area contributed by atoms with Gasteiger partial charge in [0.1, 0.15) is 5.75 Å². The van der Waals surface area contributed by atoms with Crippen LogP contribution in [0.15, 0.2) is 72.8 Å². The maximum atomic E-state index is 12.6. The third-order valence-electron chi connectivity index (χ3n) is 5.02. The van der Waals surface area contributed by atoms with Crippen LogP contribution in [0.4, 0.5) is 5.69 Å². The predicted molar refractivity (Wildman–Crippen MR) is 126 cm³/mol. The van der Waals surface area contributed by atoms with Gasteiger partial charge < -0.3 is 19.5 Å². The summed E-state index contributed by atoms with van der Waals surface area (Å²) in [6.07, 6.45) is 0. The van der Waals surface area contributed by atoms with E-state index in [0.717, 1.165) is 27.7 Å². The van der Waals surface area contributed by atoms with Gasteiger partial charge in [-0.25, -0.2) is 4.98 Å². The molecule has 1 aromatic heterocycles. The number of hydrogen-bond donors (Lipinski definition) is 1. The fraction of sp³-hybridized carbons (Fsp3) is 0.154. The van der Waals surface area contributed by atoms with Crippen molar-refractivity contribution in [1.82, 2.24) is 4.98 Å². The summed E-state index contributed by atoms with van der Waals surface area (Å²) in [7, 11) is 3.11. The van der Waals surface area contributed by atoms with Gasteiger partial charge in [0.25, 0.3) is 5.91 Å². The molecule has 1 heterocycles. The number of carbonyl (C=O) groups is 1. The molecule has 0 saturated carbocycles. The second-order valence-corrected chi connectivity index (χ2v) is 7.30. The van der Waals surface area contributed by atoms with Gasteiger partial charge in [0.05, 0.1) is 25.4 Å². The van der Waals surface area contributed by atoms with Crippen LogP contribution < -0.4 is 19.5 Å². The molecule has 0 aliphatic rings. The van der Waals surface area contributed by atoms with Gasteiger partial charge in [0.2, 0.25) is 0 Å². The van der Waals surface area contributed by atoms with Gasteiger partial charge in [-0.05, 0) is 31.2 Å². The highest BCUT2D eigenvalue weighted by molar-refractivity contribution is 5.93. The first kappa shape index (κ1) is 21.2. The molecule has 162 valence electrons. The Morgan fingerprint density at radius 2 is 1.66 bits per heavy atom. The van der Waals surface area contributed by atoms with Crippen LogP contribution in [0, 0.1) is 6.92 Å². The minimum atomic E-state index is -0.281. The number of carbonyl (C=O) groups excluding carboxylic acids is 1. The summed E-state index contributed by atoms with van der Waals surface area (Å²) in [5.74, 6) is 1.46. The molecule has 6 heteroatoms. The third-order valence-corrected chi connectivity index (χ3v) is 5.02. The van der Waals surface area contributed by atoms with Crippen molar-refractivity contribution in [3.63, 3.8) is 0 Å². The fourth-order valence-electron chi connectivity index (χ4n) is 3.44. The van der Waals surface area contributed by atoms with Crippen molar-refractivity contribution in [1.29, 1.82) is 0 Å². The average molecular weight is 428 g/mol. The average Bonchev–Trinajstić information content (AvgIpc) is 2.83.